The van der Waals surface area contributed by atoms with Crippen molar-refractivity contribution in [2.45, 2.75) is 19.3 Å². The molecule has 3 nitrogen and oxygen atoms in total. The number of hydrogen-bond acceptors (Lipinski definition) is 3. The van der Waals surface area contributed by atoms with Gasteiger partial charge in [0.25, 0.3) is 5.91 Å². The Bertz CT molecular complexity index is 477. The Kier molecular flexibility index (Phi) is 8.61. The lowest BCUT2D eigenvalue weighted by atomic mass is 10.1. The summed E-state index contributed by atoms with van der Waals surface area (Å²) in [5.74, 6) is 6.45. The maximum atomic E-state index is 12.1. The Morgan fingerprint density at radius 1 is 1.30 bits per heavy atom. The van der Waals surface area contributed by atoms with Crippen LogP contribution >= 0.6 is 11.8 Å². The van der Waals surface area contributed by atoms with Crippen LogP contribution in [-0.4, -0.2) is 36.2 Å². The zero-order valence-corrected chi connectivity index (χ0v) is 12.6. The summed E-state index contributed by atoms with van der Waals surface area (Å²) in [5.41, 5.74) is 1.22. The second-order valence-corrected chi connectivity index (χ2v) is 5.30. The molecule has 0 aromatic heterocycles. The zero-order chi connectivity index (χ0) is 14.6. The summed E-state index contributed by atoms with van der Waals surface area (Å²) in [5, 5.41) is 11.6. The number of carbonyl (C=O) groups is 1. The second kappa shape index (κ2) is 10.4. The van der Waals surface area contributed by atoms with E-state index in [0.29, 0.717) is 17.7 Å². The van der Waals surface area contributed by atoms with E-state index >= 15 is 0 Å². The number of hydrogen-bond donors (Lipinski definition) is 2. The predicted molar refractivity (Wildman–Crippen MR) is 85.0 cm³/mol. The molecule has 1 rings (SSSR count). The molecular weight excluding hydrogens is 270 g/mol. The standard InChI is InChI=1S/C16H21NO2S/c1-20-13-6-2-5-11-17-16(19)15-10-4-3-8-14(15)9-7-12-18/h3-4,8,10,18H,2,5-6,11-13H2,1H3,(H,17,19). The lowest BCUT2D eigenvalue weighted by Gasteiger charge is -2.06. The van der Waals surface area contributed by atoms with Gasteiger partial charge in [0.2, 0.25) is 0 Å². The normalized spacial score (nSPS) is 9.70. The SMILES string of the molecule is CSCCCCCNC(=O)c1ccccc1C#CCO. The van der Waals surface area contributed by atoms with Crippen molar-refractivity contribution in [1.29, 1.82) is 0 Å². The van der Waals surface area contributed by atoms with Crippen LogP contribution in [0.4, 0.5) is 0 Å². The van der Waals surface area contributed by atoms with Gasteiger partial charge in [-0.05, 0) is 37.0 Å². The van der Waals surface area contributed by atoms with Crippen LogP contribution in [0.25, 0.3) is 0 Å². The number of unbranched alkanes of at least 4 members (excludes halogenated alkanes) is 2. The first-order valence-electron chi connectivity index (χ1n) is 6.75. The molecule has 0 heterocycles. The van der Waals surface area contributed by atoms with Gasteiger partial charge in [-0.25, -0.2) is 0 Å². The molecule has 20 heavy (non-hydrogen) atoms. The molecule has 4 heteroatoms. The van der Waals surface area contributed by atoms with E-state index in [1.54, 1.807) is 12.1 Å². The maximum Gasteiger partial charge on any atom is 0.252 e. The van der Waals surface area contributed by atoms with Gasteiger partial charge in [-0.15, -0.1) is 0 Å². The van der Waals surface area contributed by atoms with E-state index in [4.69, 9.17) is 5.11 Å². The molecule has 0 saturated carbocycles. The highest BCUT2D eigenvalue weighted by molar-refractivity contribution is 7.98. The minimum atomic E-state index is -0.203. The van der Waals surface area contributed by atoms with Crippen molar-refractivity contribution < 1.29 is 9.90 Å². The number of carbonyl (C=O) groups excluding carboxylic acids is 1. The number of nitrogens with one attached hydrogen (secondary N) is 1. The zero-order valence-electron chi connectivity index (χ0n) is 11.8. The molecule has 0 aliphatic heterocycles. The third kappa shape index (κ3) is 6.14. The van der Waals surface area contributed by atoms with Crippen LogP contribution in [0, 0.1) is 11.8 Å². The van der Waals surface area contributed by atoms with E-state index in [-0.39, 0.29) is 12.5 Å². The highest BCUT2D eigenvalue weighted by atomic mass is 32.2. The Morgan fingerprint density at radius 2 is 2.10 bits per heavy atom. The van der Waals surface area contributed by atoms with Crippen LogP contribution in [-0.2, 0) is 0 Å². The van der Waals surface area contributed by atoms with Crippen molar-refractivity contribution in [3.05, 3.63) is 35.4 Å². The minimum Gasteiger partial charge on any atom is -0.384 e. The molecule has 0 aliphatic rings. The molecule has 1 amide bonds. The Balaban J connectivity index is 2.47. The van der Waals surface area contributed by atoms with Crippen LogP contribution in [0.15, 0.2) is 24.3 Å². The van der Waals surface area contributed by atoms with Gasteiger partial charge in [0, 0.05) is 12.1 Å². The van der Waals surface area contributed by atoms with Crippen molar-refractivity contribution in [1.82, 2.24) is 5.32 Å². The number of thioether (sulfide) groups is 1. The third-order valence-corrected chi connectivity index (χ3v) is 3.48. The van der Waals surface area contributed by atoms with Gasteiger partial charge in [-0.3, -0.25) is 4.79 Å². The number of aliphatic hydroxyl groups excluding tert-OH is 1. The van der Waals surface area contributed by atoms with Gasteiger partial charge in [-0.1, -0.05) is 30.4 Å². The van der Waals surface area contributed by atoms with Gasteiger partial charge in [-0.2, -0.15) is 11.8 Å². The molecule has 0 saturated heterocycles. The number of rotatable bonds is 7. The molecule has 1 aromatic carbocycles. The minimum absolute atomic E-state index is 0.0993. The van der Waals surface area contributed by atoms with E-state index in [0.717, 1.165) is 12.8 Å². The second-order valence-electron chi connectivity index (χ2n) is 4.31. The molecule has 0 aliphatic carbocycles. The van der Waals surface area contributed by atoms with Crippen LogP contribution < -0.4 is 5.32 Å². The van der Waals surface area contributed by atoms with Crippen LogP contribution in [0.5, 0.6) is 0 Å². The van der Waals surface area contributed by atoms with Gasteiger partial charge in [0.15, 0.2) is 0 Å². The smallest absolute Gasteiger partial charge is 0.252 e. The van der Waals surface area contributed by atoms with Crippen LogP contribution in [0.2, 0.25) is 0 Å². The number of aliphatic hydroxyl groups is 1. The van der Waals surface area contributed by atoms with Gasteiger partial charge < -0.3 is 10.4 Å². The van der Waals surface area contributed by atoms with Crippen molar-refractivity contribution in [2.75, 3.05) is 25.2 Å². The predicted octanol–water partition coefficient (Wildman–Crippen LogP) is 2.29. The summed E-state index contributed by atoms with van der Waals surface area (Å²) in [6, 6.07) is 7.19. The van der Waals surface area contributed by atoms with Gasteiger partial charge in [0.1, 0.15) is 6.61 Å². The van der Waals surface area contributed by atoms with E-state index in [2.05, 4.69) is 23.4 Å². The summed E-state index contributed by atoms with van der Waals surface area (Å²) < 4.78 is 0. The molecule has 0 spiro atoms. The molecular formula is C16H21NO2S. The van der Waals surface area contributed by atoms with Crippen molar-refractivity contribution in [2.24, 2.45) is 0 Å². The lowest BCUT2D eigenvalue weighted by Crippen LogP contribution is -2.25. The van der Waals surface area contributed by atoms with Crippen molar-refractivity contribution in [3.8, 4) is 11.8 Å². The maximum absolute atomic E-state index is 12.1. The van der Waals surface area contributed by atoms with Crippen LogP contribution in [0.1, 0.15) is 35.2 Å². The monoisotopic (exact) mass is 291 g/mol. The molecule has 0 bridgehead atoms. The first kappa shape index (κ1) is 16.6. The topological polar surface area (TPSA) is 49.3 Å². The molecule has 108 valence electrons. The number of amides is 1. The molecule has 2 N–H and O–H groups in total. The highest BCUT2D eigenvalue weighted by Gasteiger charge is 2.08. The van der Waals surface area contributed by atoms with Crippen LogP contribution in [0.3, 0.4) is 0 Å². The summed E-state index contributed by atoms with van der Waals surface area (Å²) in [7, 11) is 0. The van der Waals surface area contributed by atoms with E-state index in [1.165, 1.54) is 12.2 Å². The average molecular weight is 291 g/mol. The van der Waals surface area contributed by atoms with Gasteiger partial charge >= 0.3 is 0 Å². The Morgan fingerprint density at radius 3 is 2.85 bits per heavy atom. The highest BCUT2D eigenvalue weighted by Crippen LogP contribution is 2.07. The van der Waals surface area contributed by atoms with E-state index < -0.39 is 0 Å². The number of benzene rings is 1. The Hall–Kier alpha value is -1.44. The fourth-order valence-electron chi connectivity index (χ4n) is 1.77. The summed E-state index contributed by atoms with van der Waals surface area (Å²) in [6.07, 6.45) is 5.42. The van der Waals surface area contributed by atoms with Crippen molar-refractivity contribution in [3.63, 3.8) is 0 Å². The summed E-state index contributed by atoms with van der Waals surface area (Å²) in [6.45, 7) is 0.486. The lowest BCUT2D eigenvalue weighted by molar-refractivity contribution is 0.0952. The summed E-state index contributed by atoms with van der Waals surface area (Å²) in [4.78, 5) is 12.1. The molecule has 0 fully saturated rings. The summed E-state index contributed by atoms with van der Waals surface area (Å²) >= 11 is 1.85. The molecule has 0 radical (unpaired) electrons. The molecule has 0 unspecified atom stereocenters. The first-order valence-corrected chi connectivity index (χ1v) is 8.15. The first-order chi connectivity index (χ1) is 9.79. The molecule has 1 aromatic rings. The van der Waals surface area contributed by atoms with Gasteiger partial charge in [0.05, 0.1) is 5.56 Å². The third-order valence-electron chi connectivity index (χ3n) is 2.78. The quantitative estimate of drug-likeness (QED) is 0.598. The fraction of sp³-hybridized carbons (Fsp3) is 0.438. The average Bonchev–Trinajstić information content (AvgIpc) is 2.48. The Labute approximate surface area is 125 Å². The fourth-order valence-corrected chi connectivity index (χ4v) is 2.26. The van der Waals surface area contributed by atoms with E-state index in [1.807, 2.05) is 23.9 Å². The largest absolute Gasteiger partial charge is 0.384 e. The van der Waals surface area contributed by atoms with E-state index in [9.17, 15) is 4.79 Å². The molecule has 0 atom stereocenters. The van der Waals surface area contributed by atoms with Crippen molar-refractivity contribution >= 4 is 17.7 Å².